The van der Waals surface area contributed by atoms with E-state index in [1.165, 1.54) is 5.56 Å². The lowest BCUT2D eigenvalue weighted by Gasteiger charge is -2.14. The van der Waals surface area contributed by atoms with Gasteiger partial charge in [-0.05, 0) is 25.8 Å². The minimum absolute atomic E-state index is 0.142. The third kappa shape index (κ3) is 5.58. The number of nitrogens with one attached hydrogen (secondary N) is 1. The van der Waals surface area contributed by atoms with Crippen LogP contribution in [0.15, 0.2) is 30.3 Å². The van der Waals surface area contributed by atoms with Crippen LogP contribution >= 0.6 is 11.8 Å². The quantitative estimate of drug-likeness (QED) is 0.812. The van der Waals surface area contributed by atoms with Gasteiger partial charge in [-0.1, -0.05) is 43.7 Å². The van der Waals surface area contributed by atoms with Gasteiger partial charge in [0.25, 0.3) is 0 Å². The van der Waals surface area contributed by atoms with E-state index in [1.54, 1.807) is 11.8 Å². The van der Waals surface area contributed by atoms with Crippen molar-refractivity contribution in [3.63, 3.8) is 0 Å². The molecule has 0 spiro atoms. The molecule has 0 bridgehead atoms. The molecule has 1 N–H and O–H groups in total. The van der Waals surface area contributed by atoms with Gasteiger partial charge in [-0.15, -0.1) is 11.8 Å². The molecule has 100 valence electrons. The predicted molar refractivity (Wildman–Crippen MR) is 79.8 cm³/mol. The van der Waals surface area contributed by atoms with Gasteiger partial charge in [0.05, 0.1) is 5.75 Å². The number of carbonyl (C=O) groups is 1. The molecule has 0 saturated heterocycles. The monoisotopic (exact) mass is 265 g/mol. The molecule has 0 aliphatic carbocycles. The zero-order valence-corrected chi connectivity index (χ0v) is 12.3. The van der Waals surface area contributed by atoms with Crippen LogP contribution in [0.2, 0.25) is 0 Å². The average molecular weight is 265 g/mol. The first-order valence-electron chi connectivity index (χ1n) is 6.59. The molecule has 2 atom stereocenters. The molecule has 0 radical (unpaired) electrons. The van der Waals surface area contributed by atoms with Crippen LogP contribution in [0.5, 0.6) is 0 Å². The third-order valence-corrected chi connectivity index (χ3v) is 4.06. The number of thioether (sulfide) groups is 1. The number of amides is 1. The van der Waals surface area contributed by atoms with Crippen molar-refractivity contribution in [3.8, 4) is 0 Å². The van der Waals surface area contributed by atoms with E-state index in [0.29, 0.717) is 11.0 Å². The zero-order chi connectivity index (χ0) is 13.4. The largest absolute Gasteiger partial charge is 0.353 e. The van der Waals surface area contributed by atoms with Gasteiger partial charge in [0.2, 0.25) is 5.91 Å². The summed E-state index contributed by atoms with van der Waals surface area (Å²) in [6.07, 6.45) is 2.15. The number of hydrogen-bond acceptors (Lipinski definition) is 2. The van der Waals surface area contributed by atoms with Crippen LogP contribution in [0.25, 0.3) is 0 Å². The maximum atomic E-state index is 11.7. The van der Waals surface area contributed by atoms with Gasteiger partial charge in [-0.2, -0.15) is 0 Å². The van der Waals surface area contributed by atoms with Gasteiger partial charge in [-0.3, -0.25) is 4.79 Å². The Morgan fingerprint density at radius 2 is 1.94 bits per heavy atom. The fourth-order valence-corrected chi connectivity index (χ4v) is 2.68. The van der Waals surface area contributed by atoms with Crippen LogP contribution in [0.1, 0.15) is 44.4 Å². The Morgan fingerprint density at radius 3 is 2.56 bits per heavy atom. The molecular weight excluding hydrogens is 242 g/mol. The molecule has 0 heterocycles. The molecule has 3 heteroatoms. The Morgan fingerprint density at radius 1 is 1.28 bits per heavy atom. The number of hydrogen-bond donors (Lipinski definition) is 1. The van der Waals surface area contributed by atoms with E-state index in [4.69, 9.17) is 0 Å². The van der Waals surface area contributed by atoms with Crippen LogP contribution in [-0.2, 0) is 4.79 Å². The van der Waals surface area contributed by atoms with E-state index in [-0.39, 0.29) is 11.9 Å². The van der Waals surface area contributed by atoms with E-state index in [9.17, 15) is 4.79 Å². The molecule has 18 heavy (non-hydrogen) atoms. The predicted octanol–water partition coefficient (Wildman–Crippen LogP) is 3.79. The highest BCUT2D eigenvalue weighted by atomic mass is 32.2. The van der Waals surface area contributed by atoms with Crippen LogP contribution < -0.4 is 5.32 Å². The first kappa shape index (κ1) is 15.1. The molecular formula is C15H23NOS. The van der Waals surface area contributed by atoms with Crippen LogP contribution in [0, 0.1) is 0 Å². The van der Waals surface area contributed by atoms with Crippen molar-refractivity contribution in [2.75, 3.05) is 5.75 Å². The summed E-state index contributed by atoms with van der Waals surface area (Å²) in [6, 6.07) is 10.6. The normalized spacial score (nSPS) is 13.9. The van der Waals surface area contributed by atoms with Gasteiger partial charge >= 0.3 is 0 Å². The minimum atomic E-state index is 0.142. The molecule has 0 unspecified atom stereocenters. The molecule has 2 nitrogen and oxygen atoms in total. The van der Waals surface area contributed by atoms with Gasteiger partial charge in [0, 0.05) is 11.3 Å². The summed E-state index contributed by atoms with van der Waals surface area (Å²) in [5.41, 5.74) is 1.27. The van der Waals surface area contributed by atoms with E-state index < -0.39 is 0 Å². The third-order valence-electron chi connectivity index (χ3n) is 2.86. The zero-order valence-electron chi connectivity index (χ0n) is 11.5. The highest BCUT2D eigenvalue weighted by molar-refractivity contribution is 8.00. The highest BCUT2D eigenvalue weighted by Gasteiger charge is 2.10. The average Bonchev–Trinajstić information content (AvgIpc) is 2.37. The standard InChI is InChI=1S/C15H23NOS/c1-4-8-12(2)16-15(17)11-18-13(3)14-9-6-5-7-10-14/h5-7,9-10,12-13H,4,8,11H2,1-3H3,(H,16,17)/t12-,13-/m0/s1. The summed E-state index contributed by atoms with van der Waals surface area (Å²) in [5.74, 6) is 0.674. The maximum absolute atomic E-state index is 11.7. The Bertz CT molecular complexity index is 353. The first-order valence-corrected chi connectivity index (χ1v) is 7.64. The Balaban J connectivity index is 2.30. The SMILES string of the molecule is CCC[C@H](C)NC(=O)CS[C@@H](C)c1ccccc1. The summed E-state index contributed by atoms with van der Waals surface area (Å²) < 4.78 is 0. The van der Waals surface area contributed by atoms with Crippen molar-refractivity contribution < 1.29 is 4.79 Å². The molecule has 1 rings (SSSR count). The first-order chi connectivity index (χ1) is 8.63. The Kier molecular flexibility index (Phi) is 6.88. The van der Waals surface area contributed by atoms with E-state index >= 15 is 0 Å². The van der Waals surface area contributed by atoms with Gasteiger partial charge in [-0.25, -0.2) is 0 Å². The second-order valence-electron chi connectivity index (χ2n) is 4.62. The maximum Gasteiger partial charge on any atom is 0.230 e. The molecule has 1 aromatic carbocycles. The van der Waals surface area contributed by atoms with Crippen molar-refractivity contribution in [2.45, 2.75) is 44.9 Å². The van der Waals surface area contributed by atoms with Gasteiger partial charge < -0.3 is 5.32 Å². The molecule has 0 saturated carbocycles. The number of carbonyl (C=O) groups excluding carboxylic acids is 1. The van der Waals surface area contributed by atoms with Crippen LogP contribution in [0.4, 0.5) is 0 Å². The van der Waals surface area contributed by atoms with E-state index in [0.717, 1.165) is 12.8 Å². The summed E-state index contributed by atoms with van der Waals surface area (Å²) in [5, 5.41) is 3.39. The fourth-order valence-electron chi connectivity index (χ4n) is 1.84. The lowest BCUT2D eigenvalue weighted by molar-refractivity contribution is -0.119. The highest BCUT2D eigenvalue weighted by Crippen LogP contribution is 2.27. The lowest BCUT2D eigenvalue weighted by atomic mass is 10.2. The second kappa shape index (κ2) is 8.20. The smallest absolute Gasteiger partial charge is 0.230 e. The van der Waals surface area contributed by atoms with Crippen molar-refractivity contribution in [1.82, 2.24) is 5.32 Å². The summed E-state index contributed by atoms with van der Waals surface area (Å²) >= 11 is 1.69. The van der Waals surface area contributed by atoms with Crippen LogP contribution in [-0.4, -0.2) is 17.7 Å². The lowest BCUT2D eigenvalue weighted by Crippen LogP contribution is -2.33. The van der Waals surface area contributed by atoms with Crippen molar-refractivity contribution in [2.24, 2.45) is 0 Å². The fraction of sp³-hybridized carbons (Fsp3) is 0.533. The van der Waals surface area contributed by atoms with Gasteiger partial charge in [0.1, 0.15) is 0 Å². The Labute approximate surface area is 115 Å². The van der Waals surface area contributed by atoms with Crippen molar-refractivity contribution in [1.29, 1.82) is 0 Å². The molecule has 0 fully saturated rings. The number of rotatable bonds is 7. The van der Waals surface area contributed by atoms with Crippen molar-refractivity contribution >= 4 is 17.7 Å². The Hall–Kier alpha value is -0.960. The summed E-state index contributed by atoms with van der Waals surface area (Å²) in [4.78, 5) is 11.7. The molecule has 1 aromatic rings. The molecule has 0 aliphatic rings. The van der Waals surface area contributed by atoms with Crippen LogP contribution in [0.3, 0.4) is 0 Å². The van der Waals surface area contributed by atoms with Gasteiger partial charge in [0.15, 0.2) is 0 Å². The van der Waals surface area contributed by atoms with E-state index in [2.05, 4.69) is 38.2 Å². The molecule has 1 amide bonds. The van der Waals surface area contributed by atoms with Crippen molar-refractivity contribution in [3.05, 3.63) is 35.9 Å². The van der Waals surface area contributed by atoms with E-state index in [1.807, 2.05) is 18.2 Å². The second-order valence-corrected chi connectivity index (χ2v) is 5.95. The molecule has 0 aliphatic heterocycles. The molecule has 0 aromatic heterocycles. The minimum Gasteiger partial charge on any atom is -0.353 e. The summed E-state index contributed by atoms with van der Waals surface area (Å²) in [6.45, 7) is 6.34. The summed E-state index contributed by atoms with van der Waals surface area (Å²) in [7, 11) is 0. The topological polar surface area (TPSA) is 29.1 Å². The number of benzene rings is 1.